The fourth-order valence-corrected chi connectivity index (χ4v) is 4.47. The molecule has 0 bridgehead atoms. The van der Waals surface area contributed by atoms with Crippen molar-refractivity contribution in [2.45, 2.75) is 43.8 Å². The standard InChI is InChI=1S/C16H26N3O8P/c20-13-3-6-19(16(23)17-13)9-11-14(21)15(22)12(27-11)10-26-28(24,25)8-7-18-4-1-2-5-18/h3,6,11-12,14-15,21-22H,1-2,4-5,7-10H2,(H,24,25)(H,17,20,23)/t11-,12+,14-,15+/m0/s1. The van der Waals surface area contributed by atoms with E-state index in [2.05, 4.69) is 9.88 Å². The van der Waals surface area contributed by atoms with Crippen LogP contribution >= 0.6 is 7.60 Å². The lowest BCUT2D eigenvalue weighted by Gasteiger charge is -2.20. The highest BCUT2D eigenvalue weighted by molar-refractivity contribution is 7.52. The van der Waals surface area contributed by atoms with E-state index in [1.807, 2.05) is 0 Å². The molecule has 12 heteroatoms. The van der Waals surface area contributed by atoms with Gasteiger partial charge < -0.3 is 29.3 Å². The third-order valence-electron chi connectivity index (χ3n) is 5.07. The number of aliphatic hydroxyl groups is 2. The number of ether oxygens (including phenoxy) is 1. The Morgan fingerprint density at radius 2 is 1.89 bits per heavy atom. The average Bonchev–Trinajstić information content (AvgIpc) is 3.25. The maximum Gasteiger partial charge on any atom is 0.329 e. The molecule has 0 aromatic carbocycles. The second-order valence-electron chi connectivity index (χ2n) is 7.16. The Labute approximate surface area is 161 Å². The number of rotatable bonds is 8. The third-order valence-corrected chi connectivity index (χ3v) is 6.39. The van der Waals surface area contributed by atoms with Gasteiger partial charge in [-0.25, -0.2) is 4.79 Å². The second kappa shape index (κ2) is 9.00. The maximum atomic E-state index is 12.2. The van der Waals surface area contributed by atoms with E-state index in [9.17, 15) is 29.3 Å². The lowest BCUT2D eigenvalue weighted by molar-refractivity contribution is -0.0232. The molecule has 28 heavy (non-hydrogen) atoms. The summed E-state index contributed by atoms with van der Waals surface area (Å²) in [4.78, 5) is 37.0. The molecule has 1 aromatic heterocycles. The predicted molar refractivity (Wildman–Crippen MR) is 98.3 cm³/mol. The van der Waals surface area contributed by atoms with Gasteiger partial charge in [0.05, 0.1) is 19.3 Å². The van der Waals surface area contributed by atoms with Crippen LogP contribution in [0, 0.1) is 0 Å². The van der Waals surface area contributed by atoms with Gasteiger partial charge in [0.15, 0.2) is 0 Å². The summed E-state index contributed by atoms with van der Waals surface area (Å²) in [6.07, 6.45) is -1.19. The maximum absolute atomic E-state index is 12.2. The molecule has 1 aromatic rings. The van der Waals surface area contributed by atoms with Crippen molar-refractivity contribution in [3.63, 3.8) is 0 Å². The van der Waals surface area contributed by atoms with Crippen LogP contribution in [0.2, 0.25) is 0 Å². The van der Waals surface area contributed by atoms with Gasteiger partial charge in [0, 0.05) is 18.8 Å². The summed E-state index contributed by atoms with van der Waals surface area (Å²) in [7, 11) is -3.85. The normalized spacial score (nSPS) is 30.5. The van der Waals surface area contributed by atoms with Crippen LogP contribution in [-0.4, -0.2) is 86.4 Å². The van der Waals surface area contributed by atoms with E-state index >= 15 is 0 Å². The molecule has 5 atom stereocenters. The first-order valence-electron chi connectivity index (χ1n) is 9.25. The molecule has 0 aliphatic carbocycles. The largest absolute Gasteiger partial charge is 0.388 e. The monoisotopic (exact) mass is 419 g/mol. The molecule has 158 valence electrons. The minimum absolute atomic E-state index is 0.0193. The number of nitrogens with one attached hydrogen (secondary N) is 1. The van der Waals surface area contributed by atoms with Crippen molar-refractivity contribution in [2.24, 2.45) is 0 Å². The SMILES string of the molecule is O=c1ccn(C[C@@H]2O[C@H](COP(=O)(O)CCN3CCCC3)[C@@H](O)[C@H]2O)c(=O)[nH]1. The van der Waals surface area contributed by atoms with Crippen molar-refractivity contribution < 1.29 is 28.9 Å². The minimum Gasteiger partial charge on any atom is -0.388 e. The van der Waals surface area contributed by atoms with Gasteiger partial charge in [-0.2, -0.15) is 0 Å². The number of hydrogen-bond donors (Lipinski definition) is 4. The number of nitrogens with zero attached hydrogens (tertiary/aromatic N) is 2. The van der Waals surface area contributed by atoms with E-state index < -0.39 is 43.3 Å². The van der Waals surface area contributed by atoms with Crippen LogP contribution in [0.15, 0.2) is 21.9 Å². The Kier molecular flexibility index (Phi) is 6.87. The molecule has 11 nitrogen and oxygen atoms in total. The Balaban J connectivity index is 1.52. The van der Waals surface area contributed by atoms with Crippen LogP contribution in [-0.2, 0) is 20.4 Å². The molecule has 2 fully saturated rings. The summed E-state index contributed by atoms with van der Waals surface area (Å²) < 4.78 is 24.0. The number of hydrogen-bond acceptors (Lipinski definition) is 8. The molecule has 3 rings (SSSR count). The van der Waals surface area contributed by atoms with Gasteiger partial charge in [0.2, 0.25) is 0 Å². The molecule has 2 aliphatic heterocycles. The van der Waals surface area contributed by atoms with Gasteiger partial charge >= 0.3 is 13.3 Å². The van der Waals surface area contributed by atoms with Gasteiger partial charge in [-0.05, 0) is 25.9 Å². The van der Waals surface area contributed by atoms with Gasteiger partial charge in [0.1, 0.15) is 24.4 Å². The Bertz CT molecular complexity index is 821. The first-order chi connectivity index (χ1) is 13.2. The third kappa shape index (κ3) is 5.38. The predicted octanol–water partition coefficient (Wildman–Crippen LogP) is -1.68. The Morgan fingerprint density at radius 3 is 2.57 bits per heavy atom. The number of aromatic nitrogens is 2. The molecule has 4 N–H and O–H groups in total. The molecular formula is C16H26N3O8P. The first-order valence-corrected chi connectivity index (χ1v) is 11.0. The molecule has 0 radical (unpaired) electrons. The van der Waals surface area contributed by atoms with E-state index in [0.29, 0.717) is 6.54 Å². The summed E-state index contributed by atoms with van der Waals surface area (Å²) in [5.74, 6) is 0. The van der Waals surface area contributed by atoms with Gasteiger partial charge in [0.25, 0.3) is 5.56 Å². The Hall–Kier alpha value is -1.33. The molecule has 2 saturated heterocycles. The second-order valence-corrected chi connectivity index (χ2v) is 9.14. The van der Waals surface area contributed by atoms with Crippen molar-refractivity contribution >= 4 is 7.60 Å². The summed E-state index contributed by atoms with van der Waals surface area (Å²) in [6, 6.07) is 1.15. The van der Waals surface area contributed by atoms with E-state index in [4.69, 9.17) is 9.26 Å². The van der Waals surface area contributed by atoms with Crippen molar-refractivity contribution in [1.82, 2.24) is 14.5 Å². The molecular weight excluding hydrogens is 393 g/mol. The zero-order valence-electron chi connectivity index (χ0n) is 15.3. The van der Waals surface area contributed by atoms with E-state index in [-0.39, 0.29) is 19.3 Å². The highest BCUT2D eigenvalue weighted by atomic mass is 31.2. The van der Waals surface area contributed by atoms with Gasteiger partial charge in [-0.3, -0.25) is 18.9 Å². The summed E-state index contributed by atoms with van der Waals surface area (Å²) in [6.45, 7) is 1.81. The van der Waals surface area contributed by atoms with Gasteiger partial charge in [-0.1, -0.05) is 0 Å². The van der Waals surface area contributed by atoms with E-state index in [1.54, 1.807) is 0 Å². The fourth-order valence-electron chi connectivity index (χ4n) is 3.42. The van der Waals surface area contributed by atoms with Crippen LogP contribution in [0.4, 0.5) is 0 Å². The zero-order chi connectivity index (χ0) is 20.3. The smallest absolute Gasteiger partial charge is 0.329 e. The van der Waals surface area contributed by atoms with Crippen LogP contribution < -0.4 is 11.2 Å². The zero-order valence-corrected chi connectivity index (χ0v) is 16.2. The van der Waals surface area contributed by atoms with Crippen molar-refractivity contribution in [3.8, 4) is 0 Å². The fraction of sp³-hybridized carbons (Fsp3) is 0.750. The highest BCUT2D eigenvalue weighted by Crippen LogP contribution is 2.42. The lowest BCUT2D eigenvalue weighted by atomic mass is 10.1. The van der Waals surface area contributed by atoms with Crippen LogP contribution in [0.3, 0.4) is 0 Å². The molecule has 0 amide bonds. The van der Waals surface area contributed by atoms with Crippen LogP contribution in [0.25, 0.3) is 0 Å². The van der Waals surface area contributed by atoms with Crippen LogP contribution in [0.5, 0.6) is 0 Å². The topological polar surface area (TPSA) is 154 Å². The number of H-pyrrole nitrogens is 1. The Morgan fingerprint density at radius 1 is 1.21 bits per heavy atom. The summed E-state index contributed by atoms with van der Waals surface area (Å²) >= 11 is 0. The summed E-state index contributed by atoms with van der Waals surface area (Å²) in [5, 5.41) is 20.3. The molecule has 3 heterocycles. The quantitative estimate of drug-likeness (QED) is 0.362. The van der Waals surface area contributed by atoms with E-state index in [1.165, 1.54) is 6.20 Å². The summed E-state index contributed by atoms with van der Waals surface area (Å²) in [5.41, 5.74) is -1.22. The molecule has 0 spiro atoms. The minimum atomic E-state index is -3.85. The number of aliphatic hydroxyl groups excluding tert-OH is 2. The van der Waals surface area contributed by atoms with E-state index in [0.717, 1.165) is 36.6 Å². The van der Waals surface area contributed by atoms with Crippen LogP contribution in [0.1, 0.15) is 12.8 Å². The molecule has 1 unspecified atom stereocenters. The van der Waals surface area contributed by atoms with Crippen molar-refractivity contribution in [2.75, 3.05) is 32.4 Å². The average molecular weight is 419 g/mol. The lowest BCUT2D eigenvalue weighted by Crippen LogP contribution is -2.38. The molecule has 2 aliphatic rings. The van der Waals surface area contributed by atoms with Crippen molar-refractivity contribution in [1.29, 1.82) is 0 Å². The van der Waals surface area contributed by atoms with Gasteiger partial charge in [-0.15, -0.1) is 0 Å². The highest BCUT2D eigenvalue weighted by Gasteiger charge is 2.43. The van der Waals surface area contributed by atoms with Crippen molar-refractivity contribution in [3.05, 3.63) is 33.1 Å². The number of aromatic amines is 1. The number of likely N-dealkylation sites (tertiary alicyclic amines) is 1. The first kappa shape index (κ1) is 21.4. The molecule has 0 saturated carbocycles.